The van der Waals surface area contributed by atoms with Gasteiger partial charge in [-0.2, -0.15) is 0 Å². The Labute approximate surface area is 209 Å². The number of aliphatic carboxylic acids is 1. The van der Waals surface area contributed by atoms with Crippen LogP contribution in [-0.4, -0.2) is 65.6 Å². The predicted molar refractivity (Wildman–Crippen MR) is 129 cm³/mol. The summed E-state index contributed by atoms with van der Waals surface area (Å²) in [6, 6.07) is 15.8. The number of carbonyl (C=O) groups excluding carboxylic acids is 3. The van der Waals surface area contributed by atoms with E-state index in [1.165, 1.54) is 12.0 Å². The molecule has 0 aliphatic heterocycles. The average Bonchev–Trinajstić information content (AvgIpc) is 2.88. The number of carbonyl (C=O) groups is 4. The minimum Gasteiger partial charge on any atom is -0.480 e. The molecule has 35 heavy (non-hydrogen) atoms. The second-order valence-electron chi connectivity index (χ2n) is 7.69. The number of benzene rings is 2. The minimum atomic E-state index is -1.17. The first kappa shape index (κ1) is 27.7. The van der Waals surface area contributed by atoms with Gasteiger partial charge in [-0.1, -0.05) is 60.7 Å². The lowest BCUT2D eigenvalue weighted by atomic mass is 10.0. The zero-order valence-corrected chi connectivity index (χ0v) is 20.1. The van der Waals surface area contributed by atoms with E-state index in [4.69, 9.17) is 21.1 Å². The van der Waals surface area contributed by atoms with E-state index in [0.717, 1.165) is 11.1 Å². The Hall–Kier alpha value is -3.59. The third-order valence-electron chi connectivity index (χ3n) is 5.25. The number of alkyl halides is 1. The molecule has 0 aliphatic rings. The van der Waals surface area contributed by atoms with Crippen LogP contribution < -0.4 is 5.32 Å². The molecule has 2 aromatic carbocycles. The van der Waals surface area contributed by atoms with Gasteiger partial charge in [0, 0.05) is 13.0 Å². The van der Waals surface area contributed by atoms with Crippen molar-refractivity contribution in [3.63, 3.8) is 0 Å². The van der Waals surface area contributed by atoms with Crippen LogP contribution in [0, 0.1) is 0 Å². The summed E-state index contributed by atoms with van der Waals surface area (Å²) in [5.74, 6) is -2.78. The summed E-state index contributed by atoms with van der Waals surface area (Å²) in [5, 5.41) is 12.2. The number of nitrogens with one attached hydrogen (secondary N) is 1. The van der Waals surface area contributed by atoms with Crippen molar-refractivity contribution in [2.24, 2.45) is 0 Å². The first-order valence-electron chi connectivity index (χ1n) is 11.0. The van der Waals surface area contributed by atoms with Gasteiger partial charge in [-0.05, 0) is 24.0 Å². The predicted octanol–water partition coefficient (Wildman–Crippen LogP) is 3.00. The molecule has 9 nitrogen and oxygen atoms in total. The maximum absolute atomic E-state index is 12.5. The lowest BCUT2D eigenvalue weighted by molar-refractivity contribution is -0.149. The quantitative estimate of drug-likeness (QED) is 0.317. The summed E-state index contributed by atoms with van der Waals surface area (Å²) in [6.45, 7) is 0.0436. The fraction of sp³-hybridized carbons (Fsp3) is 0.360. The van der Waals surface area contributed by atoms with Gasteiger partial charge in [0.2, 0.25) is 5.91 Å². The van der Waals surface area contributed by atoms with E-state index in [0.29, 0.717) is 0 Å². The molecular formula is C25H29ClN2O7. The zero-order chi connectivity index (χ0) is 25.6. The highest BCUT2D eigenvalue weighted by Gasteiger charge is 2.30. The molecule has 10 heteroatoms. The topological polar surface area (TPSA) is 122 Å². The Morgan fingerprint density at radius 1 is 1.00 bits per heavy atom. The van der Waals surface area contributed by atoms with Gasteiger partial charge in [0.1, 0.15) is 24.6 Å². The Morgan fingerprint density at radius 3 is 2.14 bits per heavy atom. The number of esters is 1. The van der Waals surface area contributed by atoms with Crippen molar-refractivity contribution in [3.8, 4) is 0 Å². The van der Waals surface area contributed by atoms with Crippen molar-refractivity contribution >= 4 is 35.5 Å². The van der Waals surface area contributed by atoms with E-state index in [9.17, 15) is 24.3 Å². The van der Waals surface area contributed by atoms with E-state index in [2.05, 4.69) is 5.32 Å². The number of hydrogen-bond donors (Lipinski definition) is 2. The lowest BCUT2D eigenvalue weighted by Crippen LogP contribution is -2.48. The number of amides is 2. The number of ether oxygens (including phenoxy) is 2. The van der Waals surface area contributed by atoms with Crippen molar-refractivity contribution in [3.05, 3.63) is 71.8 Å². The van der Waals surface area contributed by atoms with Gasteiger partial charge in [0.25, 0.3) is 0 Å². The molecular weight excluding hydrogens is 476 g/mol. The van der Waals surface area contributed by atoms with Crippen LogP contribution in [0.2, 0.25) is 0 Å². The van der Waals surface area contributed by atoms with Crippen LogP contribution in [0.4, 0.5) is 4.79 Å². The number of halogens is 1. The number of hydrogen-bond acceptors (Lipinski definition) is 6. The SMILES string of the molecule is COC(=O)[C@H](CCCN(C(=O)CCl)[C@@H](Cc1ccccc1)C(=O)O)NC(=O)OCc1ccccc1. The van der Waals surface area contributed by atoms with Crippen LogP contribution in [0.3, 0.4) is 0 Å². The standard InChI is InChI=1S/C25H29ClN2O7/c1-34-24(32)20(27-25(33)35-17-19-11-6-3-7-12-19)13-8-14-28(22(29)16-26)21(23(30)31)15-18-9-4-2-5-10-18/h2-7,9-12,20-21H,8,13-17H2,1H3,(H,27,33)(H,30,31)/t20-,21-/m0/s1. The molecule has 0 unspecified atom stereocenters. The summed E-state index contributed by atoms with van der Waals surface area (Å²) in [5.41, 5.74) is 1.54. The van der Waals surface area contributed by atoms with Crippen LogP contribution in [0.1, 0.15) is 24.0 Å². The monoisotopic (exact) mass is 504 g/mol. The van der Waals surface area contributed by atoms with Gasteiger partial charge < -0.3 is 24.8 Å². The van der Waals surface area contributed by atoms with Crippen molar-refractivity contribution in [1.29, 1.82) is 0 Å². The normalized spacial score (nSPS) is 12.2. The minimum absolute atomic E-state index is 0.0175. The molecule has 0 spiro atoms. The Kier molecular flexibility index (Phi) is 11.6. The van der Waals surface area contributed by atoms with Crippen LogP contribution in [0.15, 0.2) is 60.7 Å². The summed E-state index contributed by atoms with van der Waals surface area (Å²) in [6.07, 6.45) is -0.398. The molecule has 2 N–H and O–H groups in total. The second kappa shape index (κ2) is 14.6. The van der Waals surface area contributed by atoms with E-state index >= 15 is 0 Å². The maximum Gasteiger partial charge on any atom is 0.408 e. The zero-order valence-electron chi connectivity index (χ0n) is 19.4. The van der Waals surface area contributed by atoms with Crippen molar-refractivity contribution in [2.75, 3.05) is 19.5 Å². The number of rotatable bonds is 13. The van der Waals surface area contributed by atoms with Crippen LogP contribution in [0.5, 0.6) is 0 Å². The molecule has 0 radical (unpaired) electrons. The highest BCUT2D eigenvalue weighted by Crippen LogP contribution is 2.13. The summed E-state index contributed by atoms with van der Waals surface area (Å²) >= 11 is 5.74. The number of alkyl carbamates (subject to hydrolysis) is 1. The number of carboxylic acids is 1. The lowest BCUT2D eigenvalue weighted by Gasteiger charge is -2.29. The highest BCUT2D eigenvalue weighted by molar-refractivity contribution is 6.27. The molecule has 0 fully saturated rings. The summed E-state index contributed by atoms with van der Waals surface area (Å²) in [7, 11) is 1.19. The molecule has 0 aromatic heterocycles. The van der Waals surface area contributed by atoms with Gasteiger partial charge in [-0.15, -0.1) is 11.6 Å². The summed E-state index contributed by atoms with van der Waals surface area (Å²) in [4.78, 5) is 50.0. The van der Waals surface area contributed by atoms with E-state index in [-0.39, 0.29) is 38.3 Å². The van der Waals surface area contributed by atoms with E-state index in [1.807, 2.05) is 24.3 Å². The Morgan fingerprint density at radius 2 is 1.60 bits per heavy atom. The third kappa shape index (κ3) is 9.29. The Balaban J connectivity index is 2.00. The molecule has 0 saturated carbocycles. The Bertz CT molecular complexity index is 972. The van der Waals surface area contributed by atoms with Crippen molar-refractivity contribution < 1.29 is 33.8 Å². The fourth-order valence-electron chi connectivity index (χ4n) is 3.46. The fourth-order valence-corrected chi connectivity index (χ4v) is 3.62. The highest BCUT2D eigenvalue weighted by atomic mass is 35.5. The molecule has 0 heterocycles. The number of nitrogens with zero attached hydrogens (tertiary/aromatic N) is 1. The van der Waals surface area contributed by atoms with Gasteiger partial charge in [0.15, 0.2) is 0 Å². The van der Waals surface area contributed by atoms with Gasteiger partial charge >= 0.3 is 18.0 Å². The molecule has 188 valence electrons. The molecule has 0 aliphatic carbocycles. The average molecular weight is 505 g/mol. The molecule has 2 rings (SSSR count). The largest absolute Gasteiger partial charge is 0.480 e. The smallest absolute Gasteiger partial charge is 0.408 e. The summed E-state index contributed by atoms with van der Waals surface area (Å²) < 4.78 is 9.92. The van der Waals surface area contributed by atoms with Crippen LogP contribution in [-0.2, 0) is 36.9 Å². The molecule has 2 atom stereocenters. The third-order valence-corrected chi connectivity index (χ3v) is 5.48. The first-order valence-corrected chi connectivity index (χ1v) is 11.6. The maximum atomic E-state index is 12.5. The molecule has 2 aromatic rings. The number of methoxy groups -OCH3 is 1. The van der Waals surface area contributed by atoms with Gasteiger partial charge in [-0.25, -0.2) is 14.4 Å². The van der Waals surface area contributed by atoms with Gasteiger partial charge in [-0.3, -0.25) is 4.79 Å². The van der Waals surface area contributed by atoms with Crippen LogP contribution >= 0.6 is 11.6 Å². The van der Waals surface area contributed by atoms with E-state index in [1.54, 1.807) is 36.4 Å². The molecule has 2 amide bonds. The van der Waals surface area contributed by atoms with E-state index < -0.39 is 36.0 Å². The molecule has 0 saturated heterocycles. The van der Waals surface area contributed by atoms with Crippen molar-refractivity contribution in [2.45, 2.75) is 38.0 Å². The molecule has 0 bridgehead atoms. The first-order chi connectivity index (χ1) is 16.8. The van der Waals surface area contributed by atoms with Crippen LogP contribution in [0.25, 0.3) is 0 Å². The second-order valence-corrected chi connectivity index (χ2v) is 7.96. The van der Waals surface area contributed by atoms with Gasteiger partial charge in [0.05, 0.1) is 7.11 Å². The van der Waals surface area contributed by atoms with Crippen molar-refractivity contribution in [1.82, 2.24) is 10.2 Å². The number of carboxylic acid groups (broad SMARTS) is 1.